The van der Waals surface area contributed by atoms with Gasteiger partial charge < -0.3 is 5.32 Å². The Kier molecular flexibility index (Phi) is 6.88. The van der Waals surface area contributed by atoms with Crippen LogP contribution in [-0.2, 0) is 16.6 Å². The van der Waals surface area contributed by atoms with E-state index in [1.807, 2.05) is 20.8 Å². The number of hydrogen-bond acceptors (Lipinski definition) is 4. The number of thiophene rings is 1. The summed E-state index contributed by atoms with van der Waals surface area (Å²) in [5.41, 5.74) is 1.03. The second-order valence-corrected chi connectivity index (χ2v) is 7.91. The topological polar surface area (TPSA) is 49.4 Å². The van der Waals surface area contributed by atoms with Gasteiger partial charge in [0.1, 0.15) is 4.21 Å². The van der Waals surface area contributed by atoms with E-state index in [0.29, 0.717) is 17.3 Å². The molecule has 1 aromatic rings. The Balaban J connectivity index is 3.04. The summed E-state index contributed by atoms with van der Waals surface area (Å²) in [6.07, 6.45) is 2.43. The molecule has 0 aromatic carbocycles. The summed E-state index contributed by atoms with van der Waals surface area (Å²) in [5, 5.41) is 3.24. The normalized spacial score (nSPS) is 12.0. The zero-order valence-electron chi connectivity index (χ0n) is 12.5. The van der Waals surface area contributed by atoms with Crippen molar-refractivity contribution in [1.82, 2.24) is 9.62 Å². The van der Waals surface area contributed by atoms with Crippen molar-refractivity contribution in [3.8, 4) is 0 Å². The molecule has 114 valence electrons. The van der Waals surface area contributed by atoms with Crippen molar-refractivity contribution in [2.75, 3.05) is 19.6 Å². The highest BCUT2D eigenvalue weighted by molar-refractivity contribution is 7.91. The predicted octanol–water partition coefficient (Wildman–Crippen LogP) is 2.75. The molecule has 0 amide bonds. The Morgan fingerprint density at radius 1 is 1.45 bits per heavy atom. The maximum atomic E-state index is 12.6. The summed E-state index contributed by atoms with van der Waals surface area (Å²) < 4.78 is 27.2. The highest BCUT2D eigenvalue weighted by Gasteiger charge is 2.25. The predicted molar refractivity (Wildman–Crippen MR) is 85.7 cm³/mol. The quantitative estimate of drug-likeness (QED) is 0.713. The lowest BCUT2D eigenvalue weighted by Gasteiger charge is -2.18. The lowest BCUT2D eigenvalue weighted by Crippen LogP contribution is -2.31. The van der Waals surface area contributed by atoms with Gasteiger partial charge >= 0.3 is 0 Å². The monoisotopic (exact) mass is 316 g/mol. The van der Waals surface area contributed by atoms with Gasteiger partial charge in [0.25, 0.3) is 10.0 Å². The zero-order valence-corrected chi connectivity index (χ0v) is 14.1. The Bertz CT molecular complexity index is 535. The van der Waals surface area contributed by atoms with Crippen LogP contribution in [0.3, 0.4) is 0 Å². The second kappa shape index (κ2) is 7.93. The van der Waals surface area contributed by atoms with E-state index in [1.54, 1.807) is 12.1 Å². The van der Waals surface area contributed by atoms with E-state index in [2.05, 4.69) is 11.9 Å². The molecular weight excluding hydrogens is 292 g/mol. The standard InChI is InChI=1S/C14H24N2O2S2/c1-5-8-16(9-6-2)20(17,18)14-10-12(4)13(19-14)11-15-7-3/h5,10,15H,1,6-9,11H2,2-4H3. The first-order valence-electron chi connectivity index (χ1n) is 6.88. The average Bonchev–Trinajstić information content (AvgIpc) is 2.78. The molecule has 6 heteroatoms. The first-order valence-corrected chi connectivity index (χ1v) is 9.14. The van der Waals surface area contributed by atoms with E-state index in [-0.39, 0.29) is 0 Å². The van der Waals surface area contributed by atoms with Crippen LogP contribution in [0.5, 0.6) is 0 Å². The molecule has 0 aliphatic carbocycles. The minimum atomic E-state index is -3.40. The molecule has 0 fully saturated rings. The molecule has 0 saturated heterocycles. The first kappa shape index (κ1) is 17.4. The summed E-state index contributed by atoms with van der Waals surface area (Å²) in [4.78, 5) is 1.08. The summed E-state index contributed by atoms with van der Waals surface area (Å²) in [7, 11) is -3.40. The lowest BCUT2D eigenvalue weighted by molar-refractivity contribution is 0.443. The molecule has 4 nitrogen and oxygen atoms in total. The van der Waals surface area contributed by atoms with Gasteiger partial charge in [0, 0.05) is 24.5 Å². The van der Waals surface area contributed by atoms with Crippen LogP contribution in [0, 0.1) is 6.92 Å². The third-order valence-electron chi connectivity index (χ3n) is 2.93. The van der Waals surface area contributed by atoms with Crippen LogP contribution in [-0.4, -0.2) is 32.4 Å². The second-order valence-electron chi connectivity index (χ2n) is 4.60. The molecule has 1 heterocycles. The van der Waals surface area contributed by atoms with Crippen molar-refractivity contribution in [2.24, 2.45) is 0 Å². The van der Waals surface area contributed by atoms with Gasteiger partial charge in [-0.25, -0.2) is 8.42 Å². The number of nitrogens with one attached hydrogen (secondary N) is 1. The average molecular weight is 316 g/mol. The van der Waals surface area contributed by atoms with Crippen molar-refractivity contribution in [3.05, 3.63) is 29.2 Å². The number of rotatable bonds is 9. The third kappa shape index (κ3) is 4.15. The molecule has 0 saturated carbocycles. The molecule has 0 unspecified atom stereocenters. The van der Waals surface area contributed by atoms with Gasteiger partial charge in [0.2, 0.25) is 0 Å². The molecular formula is C14H24N2O2S2. The van der Waals surface area contributed by atoms with Gasteiger partial charge in [0.15, 0.2) is 0 Å². The zero-order chi connectivity index (χ0) is 15.2. The van der Waals surface area contributed by atoms with Crippen molar-refractivity contribution in [3.63, 3.8) is 0 Å². The van der Waals surface area contributed by atoms with E-state index in [4.69, 9.17) is 0 Å². The van der Waals surface area contributed by atoms with Gasteiger partial charge in [-0.1, -0.05) is 19.9 Å². The lowest BCUT2D eigenvalue weighted by atomic mass is 10.3. The Hall–Kier alpha value is -0.690. The smallest absolute Gasteiger partial charge is 0.252 e. The fraction of sp³-hybridized carbons (Fsp3) is 0.571. The fourth-order valence-electron chi connectivity index (χ4n) is 1.86. The Labute approximate surface area is 126 Å². The first-order chi connectivity index (χ1) is 9.47. The molecule has 0 aliphatic heterocycles. The number of nitrogens with zero attached hydrogens (tertiary/aromatic N) is 1. The van der Waals surface area contributed by atoms with Gasteiger partial charge in [-0.15, -0.1) is 17.9 Å². The van der Waals surface area contributed by atoms with Crippen LogP contribution in [0.25, 0.3) is 0 Å². The molecule has 0 aliphatic rings. The molecule has 20 heavy (non-hydrogen) atoms. The highest BCUT2D eigenvalue weighted by Crippen LogP contribution is 2.28. The maximum absolute atomic E-state index is 12.6. The number of hydrogen-bond donors (Lipinski definition) is 1. The van der Waals surface area contributed by atoms with Gasteiger partial charge in [-0.05, 0) is 31.5 Å². The van der Waals surface area contributed by atoms with E-state index >= 15 is 0 Å². The molecule has 1 rings (SSSR count). The van der Waals surface area contributed by atoms with E-state index in [0.717, 1.165) is 30.0 Å². The van der Waals surface area contributed by atoms with Crippen molar-refractivity contribution in [1.29, 1.82) is 0 Å². The van der Waals surface area contributed by atoms with Gasteiger partial charge in [-0.3, -0.25) is 0 Å². The SMILES string of the molecule is C=CCN(CCC)S(=O)(=O)c1cc(C)c(CNCC)s1. The summed E-state index contributed by atoms with van der Waals surface area (Å²) >= 11 is 1.36. The van der Waals surface area contributed by atoms with Crippen LogP contribution in [0.2, 0.25) is 0 Å². The summed E-state index contributed by atoms with van der Waals surface area (Å²) in [6, 6.07) is 1.78. The van der Waals surface area contributed by atoms with Crippen LogP contribution < -0.4 is 5.32 Å². The molecule has 0 radical (unpaired) electrons. The number of aryl methyl sites for hydroxylation is 1. The molecule has 1 N–H and O–H groups in total. The summed E-state index contributed by atoms with van der Waals surface area (Å²) in [5.74, 6) is 0. The molecule has 0 spiro atoms. The van der Waals surface area contributed by atoms with Crippen LogP contribution in [0.4, 0.5) is 0 Å². The highest BCUT2D eigenvalue weighted by atomic mass is 32.2. The minimum Gasteiger partial charge on any atom is -0.312 e. The van der Waals surface area contributed by atoms with Crippen LogP contribution in [0.15, 0.2) is 22.9 Å². The Morgan fingerprint density at radius 2 is 2.15 bits per heavy atom. The summed E-state index contributed by atoms with van der Waals surface area (Å²) in [6.45, 7) is 12.1. The Morgan fingerprint density at radius 3 is 2.70 bits per heavy atom. The minimum absolute atomic E-state index is 0.357. The molecule has 0 atom stereocenters. The maximum Gasteiger partial charge on any atom is 0.252 e. The van der Waals surface area contributed by atoms with Crippen molar-refractivity contribution < 1.29 is 8.42 Å². The van der Waals surface area contributed by atoms with Gasteiger partial charge in [0.05, 0.1) is 0 Å². The van der Waals surface area contributed by atoms with Crippen molar-refractivity contribution in [2.45, 2.75) is 37.9 Å². The number of sulfonamides is 1. The molecule has 0 bridgehead atoms. The van der Waals surface area contributed by atoms with E-state index < -0.39 is 10.0 Å². The third-order valence-corrected chi connectivity index (χ3v) is 6.48. The largest absolute Gasteiger partial charge is 0.312 e. The van der Waals surface area contributed by atoms with E-state index in [1.165, 1.54) is 15.6 Å². The van der Waals surface area contributed by atoms with Crippen LogP contribution >= 0.6 is 11.3 Å². The van der Waals surface area contributed by atoms with Gasteiger partial charge in [-0.2, -0.15) is 4.31 Å². The fourth-order valence-corrected chi connectivity index (χ4v) is 5.08. The molecule has 1 aromatic heterocycles. The van der Waals surface area contributed by atoms with Crippen molar-refractivity contribution >= 4 is 21.4 Å². The van der Waals surface area contributed by atoms with Crippen LogP contribution in [0.1, 0.15) is 30.7 Å². The van der Waals surface area contributed by atoms with E-state index in [9.17, 15) is 8.42 Å².